The average Bonchev–Trinajstić information content (AvgIpc) is 3.20. The van der Waals surface area contributed by atoms with Crippen molar-refractivity contribution < 1.29 is 14.3 Å². The number of hydrogen-bond acceptors (Lipinski definition) is 12. The van der Waals surface area contributed by atoms with Gasteiger partial charge in [-0.1, -0.05) is 30.3 Å². The molecule has 4 atom stereocenters. The Hall–Kier alpha value is -3.13. The molecule has 11 nitrogen and oxygen atoms in total. The number of rotatable bonds is 6. The first-order valence-electron chi connectivity index (χ1n) is 14.1. The summed E-state index contributed by atoms with van der Waals surface area (Å²) in [6.45, 7) is 4.02. The Morgan fingerprint density at radius 3 is 2.60 bits per heavy atom. The molecule has 3 aromatic rings. The van der Waals surface area contributed by atoms with Crippen LogP contribution in [0.3, 0.4) is 0 Å². The zero-order chi connectivity index (χ0) is 29.4. The molecule has 42 heavy (non-hydrogen) atoms. The molecule has 0 aromatic carbocycles. The second-order valence-corrected chi connectivity index (χ2v) is 12.7. The third kappa shape index (κ3) is 5.75. The maximum atomic E-state index is 14.0. The fourth-order valence-corrected chi connectivity index (χ4v) is 7.07. The summed E-state index contributed by atoms with van der Waals surface area (Å²) in [6.07, 6.45) is 7.04. The molecule has 2 aliphatic heterocycles. The number of nitrogens with two attached hydrogens (primary N) is 1. The van der Waals surface area contributed by atoms with Gasteiger partial charge < -0.3 is 26.0 Å². The molecule has 4 N–H and O–H groups in total. The van der Waals surface area contributed by atoms with Crippen LogP contribution in [0.1, 0.15) is 32.6 Å². The van der Waals surface area contributed by atoms with Crippen molar-refractivity contribution in [3.8, 4) is 0 Å². The predicted octanol–water partition coefficient (Wildman–Crippen LogP) is 3.64. The molecule has 0 unspecified atom stereocenters. The van der Waals surface area contributed by atoms with Crippen molar-refractivity contribution in [3.05, 3.63) is 41.9 Å². The summed E-state index contributed by atoms with van der Waals surface area (Å²) in [5.74, 6) is 2.25. The fraction of sp³-hybridized carbons (Fsp3) is 0.500. The number of piperidine rings is 2. The number of Topliss-reactive ketones (excluding diaryl/α,β-unsaturated/α-hetero) is 1. The number of pyridine rings is 1. The Morgan fingerprint density at radius 2 is 1.90 bits per heavy atom. The number of aromatic nitrogens is 5. The van der Waals surface area contributed by atoms with E-state index in [4.69, 9.17) is 17.3 Å². The summed E-state index contributed by atoms with van der Waals surface area (Å²) >= 11 is 8.08. The minimum Gasteiger partial charge on any atom is -0.390 e. The predicted molar refractivity (Wildman–Crippen MR) is 159 cm³/mol. The minimum atomic E-state index is -1.35. The largest absolute Gasteiger partial charge is 0.390 e. The van der Waals surface area contributed by atoms with E-state index in [1.807, 2.05) is 6.92 Å². The lowest BCUT2D eigenvalue weighted by molar-refractivity contribution is -0.120. The summed E-state index contributed by atoms with van der Waals surface area (Å²) in [5.41, 5.74) is 6.35. The lowest BCUT2D eigenvalue weighted by atomic mass is 9.73. The Bertz CT molecular complexity index is 1440. The van der Waals surface area contributed by atoms with E-state index in [0.717, 1.165) is 36.6 Å². The number of nitrogens with zero attached hydrogens (tertiary/aromatic N) is 7. The molecular formula is C28H33ClFN9O2S. The minimum absolute atomic E-state index is 0.0303. The number of halogens is 2. The molecule has 0 bridgehead atoms. The van der Waals surface area contributed by atoms with Crippen molar-refractivity contribution in [2.24, 2.45) is 17.1 Å². The highest BCUT2D eigenvalue weighted by Gasteiger charge is 2.50. The molecule has 5 heterocycles. The molecule has 14 heteroatoms. The van der Waals surface area contributed by atoms with Crippen LogP contribution in [0.15, 0.2) is 46.8 Å². The van der Waals surface area contributed by atoms with Crippen LogP contribution in [0.25, 0.3) is 0 Å². The smallest absolute Gasteiger partial charge is 0.227 e. The first kappa shape index (κ1) is 29.0. The standard InChI is InChI=1S/C28H33ClFN9O2S/c1-16-19(41)12-28(25(16)31)5-10-38(11-6-28)22-13-35-23(14-34-22)42-20-2-7-32-26(24(20)29)36-21-3-8-33-27(37-21)39-9-4-18(40)17(30)15-39/h2-3,7-8,13-14,16-18,25,40H,4-6,9-12,15,31H2,1H3,(H,32,33,36,37)/t16-,17-,18+,25+/m1/s1. The van der Waals surface area contributed by atoms with Gasteiger partial charge in [-0.3, -0.25) is 4.79 Å². The van der Waals surface area contributed by atoms with Crippen molar-refractivity contribution in [1.29, 1.82) is 0 Å². The molecule has 3 aromatic heterocycles. The Kier molecular flexibility index (Phi) is 8.18. The molecule has 3 aliphatic rings. The van der Waals surface area contributed by atoms with Crippen LogP contribution in [-0.4, -0.2) is 80.3 Å². The van der Waals surface area contributed by atoms with Crippen molar-refractivity contribution in [2.75, 3.05) is 41.3 Å². The molecule has 1 aliphatic carbocycles. The molecule has 2 saturated heterocycles. The summed E-state index contributed by atoms with van der Waals surface area (Å²) in [7, 11) is 0. The van der Waals surface area contributed by atoms with Gasteiger partial charge in [0.05, 0.1) is 30.1 Å². The molecule has 1 spiro atoms. The summed E-state index contributed by atoms with van der Waals surface area (Å²) in [6, 6.07) is 3.40. The molecular weight excluding hydrogens is 581 g/mol. The van der Waals surface area contributed by atoms with E-state index in [0.29, 0.717) is 47.0 Å². The van der Waals surface area contributed by atoms with Crippen LogP contribution in [0, 0.1) is 11.3 Å². The molecule has 0 radical (unpaired) electrons. The second-order valence-electron chi connectivity index (χ2n) is 11.3. The van der Waals surface area contributed by atoms with Gasteiger partial charge in [0.1, 0.15) is 28.6 Å². The van der Waals surface area contributed by atoms with Gasteiger partial charge in [-0.15, -0.1) is 0 Å². The Balaban J connectivity index is 1.09. The summed E-state index contributed by atoms with van der Waals surface area (Å²) < 4.78 is 14.0. The second kappa shape index (κ2) is 11.9. The van der Waals surface area contributed by atoms with E-state index in [9.17, 15) is 14.3 Å². The number of aliphatic hydroxyl groups excluding tert-OH is 1. The van der Waals surface area contributed by atoms with Gasteiger partial charge >= 0.3 is 0 Å². The van der Waals surface area contributed by atoms with Crippen LogP contribution in [0.5, 0.6) is 0 Å². The van der Waals surface area contributed by atoms with E-state index in [1.54, 1.807) is 41.8 Å². The quantitative estimate of drug-likeness (QED) is 0.373. The lowest BCUT2D eigenvalue weighted by Gasteiger charge is -2.42. The Labute approximate surface area is 252 Å². The summed E-state index contributed by atoms with van der Waals surface area (Å²) in [4.78, 5) is 39.3. The van der Waals surface area contributed by atoms with Crippen LogP contribution in [-0.2, 0) is 4.79 Å². The van der Waals surface area contributed by atoms with E-state index >= 15 is 0 Å². The third-order valence-corrected chi connectivity index (χ3v) is 10.2. The van der Waals surface area contributed by atoms with Crippen LogP contribution in [0.2, 0.25) is 5.02 Å². The van der Waals surface area contributed by atoms with Gasteiger partial charge in [0, 0.05) is 55.3 Å². The topological polar surface area (TPSA) is 146 Å². The van der Waals surface area contributed by atoms with Gasteiger partial charge in [-0.25, -0.2) is 24.3 Å². The van der Waals surface area contributed by atoms with Crippen molar-refractivity contribution in [3.63, 3.8) is 0 Å². The summed E-state index contributed by atoms with van der Waals surface area (Å²) in [5, 5.41) is 13.9. The highest BCUT2D eigenvalue weighted by Crippen LogP contribution is 2.46. The van der Waals surface area contributed by atoms with Gasteiger partial charge in [0.15, 0.2) is 5.82 Å². The number of carbonyl (C=O) groups is 1. The van der Waals surface area contributed by atoms with Crippen molar-refractivity contribution in [2.45, 2.75) is 60.8 Å². The zero-order valence-corrected chi connectivity index (χ0v) is 24.7. The normalized spacial score (nSPS) is 25.7. The number of carbonyl (C=O) groups excluding carboxylic acids is 1. The maximum absolute atomic E-state index is 14.0. The highest BCUT2D eigenvalue weighted by atomic mass is 35.5. The molecule has 3 fully saturated rings. The Morgan fingerprint density at radius 1 is 1.12 bits per heavy atom. The van der Waals surface area contributed by atoms with E-state index < -0.39 is 12.3 Å². The average molecular weight is 614 g/mol. The van der Waals surface area contributed by atoms with Gasteiger partial charge in [0.25, 0.3) is 0 Å². The third-order valence-electron chi connectivity index (χ3n) is 8.73. The highest BCUT2D eigenvalue weighted by molar-refractivity contribution is 7.99. The van der Waals surface area contributed by atoms with Crippen LogP contribution in [0.4, 0.5) is 27.8 Å². The number of anilines is 4. The van der Waals surface area contributed by atoms with Crippen molar-refractivity contribution >= 4 is 52.5 Å². The van der Waals surface area contributed by atoms with Gasteiger partial charge in [0.2, 0.25) is 5.95 Å². The zero-order valence-electron chi connectivity index (χ0n) is 23.2. The lowest BCUT2D eigenvalue weighted by Crippen LogP contribution is -2.48. The molecule has 0 amide bonds. The number of ketones is 1. The van der Waals surface area contributed by atoms with Gasteiger partial charge in [-0.05, 0) is 36.8 Å². The number of aliphatic hydroxyl groups is 1. The molecule has 6 rings (SSSR count). The molecule has 222 valence electrons. The first-order valence-corrected chi connectivity index (χ1v) is 15.3. The van der Waals surface area contributed by atoms with E-state index in [1.165, 1.54) is 11.8 Å². The van der Waals surface area contributed by atoms with E-state index in [2.05, 4.69) is 35.1 Å². The first-order chi connectivity index (χ1) is 20.2. The monoisotopic (exact) mass is 613 g/mol. The maximum Gasteiger partial charge on any atom is 0.227 e. The van der Waals surface area contributed by atoms with E-state index in [-0.39, 0.29) is 29.7 Å². The van der Waals surface area contributed by atoms with Crippen LogP contribution >= 0.6 is 23.4 Å². The number of nitrogens with one attached hydrogen (secondary N) is 1. The van der Waals surface area contributed by atoms with Gasteiger partial charge in [-0.2, -0.15) is 4.98 Å². The molecule has 1 saturated carbocycles. The van der Waals surface area contributed by atoms with Crippen LogP contribution < -0.4 is 20.9 Å². The number of hydrogen-bond donors (Lipinski definition) is 3. The number of alkyl halides is 1. The SMILES string of the molecule is C[C@@H]1C(=O)CC2(CCN(c3cnc(Sc4ccnc(Nc5ccnc(N6CC[C@H](O)[C@H](F)C6)n5)c4Cl)cn3)CC2)[C@H]1N. The fourth-order valence-electron chi connectivity index (χ4n) is 6.04. The van der Waals surface area contributed by atoms with Crippen molar-refractivity contribution in [1.82, 2.24) is 24.9 Å².